The number of alkyl carbamates (subject to hydrolysis) is 1. The van der Waals surface area contributed by atoms with Crippen LogP contribution in [0.3, 0.4) is 0 Å². The highest BCUT2D eigenvalue weighted by molar-refractivity contribution is 6.11. The third-order valence-corrected chi connectivity index (χ3v) is 4.58. The van der Waals surface area contributed by atoms with Crippen LogP contribution >= 0.6 is 0 Å². The van der Waals surface area contributed by atoms with Crippen molar-refractivity contribution in [3.8, 4) is 0 Å². The molecule has 0 radical (unpaired) electrons. The van der Waals surface area contributed by atoms with Gasteiger partial charge in [-0.25, -0.2) is 9.78 Å². The van der Waals surface area contributed by atoms with Crippen molar-refractivity contribution in [1.29, 1.82) is 0 Å². The first-order chi connectivity index (χ1) is 13.6. The topological polar surface area (TPSA) is 102 Å². The Morgan fingerprint density at radius 3 is 2.59 bits per heavy atom. The molecular weight excluding hydrogens is 372 g/mol. The van der Waals surface area contributed by atoms with Crippen molar-refractivity contribution in [2.75, 3.05) is 5.32 Å². The Kier molecular flexibility index (Phi) is 5.72. The molecule has 0 spiro atoms. The summed E-state index contributed by atoms with van der Waals surface area (Å²) in [5.41, 5.74) is 1.41. The fraction of sp³-hybridized carbons (Fsp3) is 0.429. The summed E-state index contributed by atoms with van der Waals surface area (Å²) in [6.07, 6.45) is 2.24. The molecule has 29 heavy (non-hydrogen) atoms. The van der Waals surface area contributed by atoms with Crippen LogP contribution in [-0.2, 0) is 11.3 Å². The van der Waals surface area contributed by atoms with Crippen LogP contribution in [0.25, 0.3) is 0 Å². The van der Waals surface area contributed by atoms with E-state index in [1.807, 2.05) is 6.92 Å². The molecule has 8 nitrogen and oxygen atoms in total. The zero-order valence-corrected chi connectivity index (χ0v) is 17.1. The Labute approximate surface area is 169 Å². The molecular formula is C21H26N4O4. The first-order valence-corrected chi connectivity index (χ1v) is 9.61. The summed E-state index contributed by atoms with van der Waals surface area (Å²) in [5, 5.41) is 5.46. The van der Waals surface area contributed by atoms with Gasteiger partial charge in [-0.2, -0.15) is 0 Å². The number of carbonyl (C=O) groups is 3. The number of imidazole rings is 1. The standard InChI is InChI=1S/C21H26N4O4/c1-13-5-10-16(26)18-17(23-12-25(13)18)19(27)24-15-8-6-14(7-9-15)11-22-20(28)29-21(2,3)4/h6-9,12-13H,5,10-11H2,1-4H3,(H,22,28)(H,24,27). The molecule has 154 valence electrons. The van der Waals surface area contributed by atoms with Gasteiger partial charge in [0.15, 0.2) is 11.5 Å². The Morgan fingerprint density at radius 2 is 1.93 bits per heavy atom. The lowest BCUT2D eigenvalue weighted by molar-refractivity contribution is 0.0523. The third-order valence-electron chi connectivity index (χ3n) is 4.58. The molecule has 0 fully saturated rings. The van der Waals surface area contributed by atoms with Gasteiger partial charge < -0.3 is 19.9 Å². The van der Waals surface area contributed by atoms with Gasteiger partial charge in [-0.1, -0.05) is 12.1 Å². The zero-order valence-electron chi connectivity index (χ0n) is 17.1. The predicted octanol–water partition coefficient (Wildman–Crippen LogP) is 3.70. The van der Waals surface area contributed by atoms with Gasteiger partial charge in [0.25, 0.3) is 5.91 Å². The number of rotatable bonds is 4. The van der Waals surface area contributed by atoms with Crippen molar-refractivity contribution in [3.63, 3.8) is 0 Å². The van der Waals surface area contributed by atoms with E-state index < -0.39 is 17.6 Å². The van der Waals surface area contributed by atoms with Crippen LogP contribution in [0.2, 0.25) is 0 Å². The highest BCUT2D eigenvalue weighted by Crippen LogP contribution is 2.26. The van der Waals surface area contributed by atoms with E-state index in [1.54, 1.807) is 55.9 Å². The molecule has 1 unspecified atom stereocenters. The second kappa shape index (κ2) is 8.06. The number of carbonyl (C=O) groups excluding carboxylic acids is 3. The molecule has 3 rings (SSSR count). The lowest BCUT2D eigenvalue weighted by Gasteiger charge is -2.21. The van der Waals surface area contributed by atoms with Gasteiger partial charge in [0.05, 0.1) is 6.33 Å². The lowest BCUT2D eigenvalue weighted by Crippen LogP contribution is -2.32. The Bertz CT molecular complexity index is 925. The van der Waals surface area contributed by atoms with Crippen LogP contribution in [0.5, 0.6) is 0 Å². The summed E-state index contributed by atoms with van der Waals surface area (Å²) in [7, 11) is 0. The summed E-state index contributed by atoms with van der Waals surface area (Å²) in [4.78, 5) is 40.7. The van der Waals surface area contributed by atoms with Crippen LogP contribution in [-0.4, -0.2) is 32.9 Å². The Morgan fingerprint density at radius 1 is 1.24 bits per heavy atom. The van der Waals surface area contributed by atoms with E-state index in [0.717, 1.165) is 12.0 Å². The van der Waals surface area contributed by atoms with E-state index in [1.165, 1.54) is 0 Å². The number of nitrogens with zero attached hydrogens (tertiary/aromatic N) is 2. The average molecular weight is 398 g/mol. The van der Waals surface area contributed by atoms with Gasteiger partial charge in [0, 0.05) is 24.7 Å². The molecule has 1 aromatic carbocycles. The molecule has 1 atom stereocenters. The van der Waals surface area contributed by atoms with Crippen molar-refractivity contribution in [3.05, 3.63) is 47.5 Å². The maximum atomic E-state index is 12.6. The molecule has 1 aliphatic rings. The van der Waals surface area contributed by atoms with Crippen LogP contribution < -0.4 is 10.6 Å². The van der Waals surface area contributed by atoms with Crippen molar-refractivity contribution in [2.24, 2.45) is 0 Å². The highest BCUT2D eigenvalue weighted by Gasteiger charge is 2.29. The summed E-state index contributed by atoms with van der Waals surface area (Å²) >= 11 is 0. The third kappa shape index (κ3) is 5.01. The number of hydrogen-bond donors (Lipinski definition) is 2. The highest BCUT2D eigenvalue weighted by atomic mass is 16.6. The maximum absolute atomic E-state index is 12.6. The van der Waals surface area contributed by atoms with E-state index in [-0.39, 0.29) is 17.5 Å². The van der Waals surface area contributed by atoms with Gasteiger partial charge >= 0.3 is 6.09 Å². The quantitative estimate of drug-likeness (QED) is 0.818. The minimum atomic E-state index is -0.552. The molecule has 2 N–H and O–H groups in total. The van der Waals surface area contributed by atoms with E-state index >= 15 is 0 Å². The second-order valence-corrected chi connectivity index (χ2v) is 8.17. The molecule has 0 bridgehead atoms. The molecule has 0 aliphatic carbocycles. The second-order valence-electron chi connectivity index (χ2n) is 8.17. The molecule has 0 saturated carbocycles. The number of Topliss-reactive ketones (excluding diaryl/α,β-unsaturated/α-hetero) is 1. The van der Waals surface area contributed by atoms with Crippen molar-refractivity contribution in [2.45, 2.75) is 58.7 Å². The number of ether oxygens (including phenoxy) is 1. The summed E-state index contributed by atoms with van der Waals surface area (Å²) in [6, 6.07) is 7.20. The van der Waals surface area contributed by atoms with Crippen molar-refractivity contribution >= 4 is 23.5 Å². The van der Waals surface area contributed by atoms with Gasteiger partial charge in [0.1, 0.15) is 11.3 Å². The lowest BCUT2D eigenvalue weighted by atomic mass is 10.0. The zero-order chi connectivity index (χ0) is 21.2. The molecule has 0 saturated heterocycles. The maximum Gasteiger partial charge on any atom is 0.407 e. The van der Waals surface area contributed by atoms with Crippen molar-refractivity contribution < 1.29 is 19.1 Å². The number of ketones is 1. The normalized spacial score (nSPS) is 16.1. The summed E-state index contributed by atoms with van der Waals surface area (Å²) < 4.78 is 6.97. The van der Waals surface area contributed by atoms with Crippen LogP contribution in [0.15, 0.2) is 30.6 Å². The van der Waals surface area contributed by atoms with Gasteiger partial charge in [-0.05, 0) is 51.8 Å². The minimum absolute atomic E-state index is 0.0608. The van der Waals surface area contributed by atoms with E-state index in [0.29, 0.717) is 24.3 Å². The average Bonchev–Trinajstić information content (AvgIpc) is 3.09. The number of nitrogens with one attached hydrogen (secondary N) is 2. The predicted molar refractivity (Wildman–Crippen MR) is 108 cm³/mol. The monoisotopic (exact) mass is 398 g/mol. The number of fused-ring (bicyclic) bond motifs is 1. The first-order valence-electron chi connectivity index (χ1n) is 9.61. The van der Waals surface area contributed by atoms with E-state index in [4.69, 9.17) is 4.74 Å². The van der Waals surface area contributed by atoms with Crippen LogP contribution in [0.1, 0.15) is 73.1 Å². The first kappa shape index (κ1) is 20.6. The molecule has 2 amide bonds. The number of benzene rings is 1. The molecule has 2 heterocycles. The molecule has 8 heteroatoms. The largest absolute Gasteiger partial charge is 0.444 e. The number of hydrogen-bond acceptors (Lipinski definition) is 5. The van der Waals surface area contributed by atoms with Gasteiger partial charge in [-0.3, -0.25) is 9.59 Å². The van der Waals surface area contributed by atoms with E-state index in [9.17, 15) is 14.4 Å². The Balaban J connectivity index is 1.61. The van der Waals surface area contributed by atoms with E-state index in [2.05, 4.69) is 15.6 Å². The molecule has 1 aliphatic heterocycles. The number of amides is 2. The number of anilines is 1. The fourth-order valence-electron chi connectivity index (χ4n) is 3.12. The van der Waals surface area contributed by atoms with Gasteiger partial charge in [-0.15, -0.1) is 0 Å². The minimum Gasteiger partial charge on any atom is -0.444 e. The molecule has 2 aromatic rings. The summed E-state index contributed by atoms with van der Waals surface area (Å²) in [6.45, 7) is 7.72. The van der Waals surface area contributed by atoms with Crippen LogP contribution in [0, 0.1) is 0 Å². The van der Waals surface area contributed by atoms with Gasteiger partial charge in [0.2, 0.25) is 0 Å². The fourth-order valence-corrected chi connectivity index (χ4v) is 3.12. The van der Waals surface area contributed by atoms with Crippen molar-refractivity contribution in [1.82, 2.24) is 14.9 Å². The number of aromatic nitrogens is 2. The summed E-state index contributed by atoms with van der Waals surface area (Å²) in [5.74, 6) is -0.477. The molecule has 1 aromatic heterocycles. The Hall–Kier alpha value is -3.16. The smallest absolute Gasteiger partial charge is 0.407 e. The SMILES string of the molecule is CC1CCC(=O)c2c(C(=O)Nc3ccc(CNC(=O)OC(C)(C)C)cc3)ncn21. The van der Waals surface area contributed by atoms with Crippen LogP contribution in [0.4, 0.5) is 10.5 Å².